The predicted octanol–water partition coefficient (Wildman–Crippen LogP) is 9.36. The highest BCUT2D eigenvalue weighted by molar-refractivity contribution is 5.87. The van der Waals surface area contributed by atoms with E-state index in [4.69, 9.17) is 19.4 Å². The lowest BCUT2D eigenvalue weighted by Crippen LogP contribution is -2.51. The van der Waals surface area contributed by atoms with Gasteiger partial charge in [-0.3, -0.25) is 9.59 Å². The highest BCUT2D eigenvalue weighted by Crippen LogP contribution is 2.35. The summed E-state index contributed by atoms with van der Waals surface area (Å²) in [5.74, 6) is 0.841. The normalized spacial score (nSPS) is 16.9. The first-order valence-corrected chi connectivity index (χ1v) is 22.9. The summed E-state index contributed by atoms with van der Waals surface area (Å²) in [6, 6.07) is 33.5. The Kier molecular flexibility index (Phi) is 14.2. The molecule has 2 saturated heterocycles. The number of amides is 4. The molecule has 0 spiro atoms. The summed E-state index contributed by atoms with van der Waals surface area (Å²) in [4.78, 5) is 73.4. The molecular formula is C52H58N8O6. The third-order valence-electron chi connectivity index (χ3n) is 12.5. The van der Waals surface area contributed by atoms with E-state index in [9.17, 15) is 19.2 Å². The van der Waals surface area contributed by atoms with Gasteiger partial charge in [0, 0.05) is 13.1 Å². The van der Waals surface area contributed by atoms with E-state index in [0.29, 0.717) is 24.7 Å². The van der Waals surface area contributed by atoms with Crippen LogP contribution in [0.5, 0.6) is 0 Å². The van der Waals surface area contributed by atoms with Crippen LogP contribution in [-0.4, -0.2) is 78.9 Å². The van der Waals surface area contributed by atoms with Crippen molar-refractivity contribution < 1.29 is 28.7 Å². The maximum Gasteiger partial charge on any atom is 0.408 e. The lowest BCUT2D eigenvalue weighted by Gasteiger charge is -2.30. The number of H-pyrrole nitrogens is 2. The molecule has 66 heavy (non-hydrogen) atoms. The van der Waals surface area contributed by atoms with E-state index >= 15 is 0 Å². The lowest BCUT2D eigenvalue weighted by molar-refractivity contribution is -0.136. The first-order chi connectivity index (χ1) is 32.0. The van der Waals surface area contributed by atoms with E-state index in [1.165, 1.54) is 0 Å². The third-order valence-corrected chi connectivity index (χ3v) is 12.5. The van der Waals surface area contributed by atoms with Gasteiger partial charge in [0.25, 0.3) is 0 Å². The van der Waals surface area contributed by atoms with Crippen LogP contribution in [0.3, 0.4) is 0 Å². The maximum absolute atomic E-state index is 13.9. The molecule has 2 aromatic heterocycles. The third kappa shape index (κ3) is 10.7. The topological polar surface area (TPSA) is 175 Å². The van der Waals surface area contributed by atoms with E-state index in [1.54, 1.807) is 0 Å². The number of hydrogen-bond acceptors (Lipinski definition) is 8. The summed E-state index contributed by atoms with van der Waals surface area (Å²) < 4.78 is 10.9. The number of aromatic nitrogens is 4. The largest absolute Gasteiger partial charge is 0.445 e. The minimum absolute atomic E-state index is 0.123. The number of alkyl carbamates (subject to hydrolysis) is 2. The standard InChI is InChI=1S/C52H58N8O6/c1-33(2)45(57-51(63)65-31-35-13-7-5-8-14-35)49(61)59-27-11-17-43(59)47-53-29-41(55-47)39-23-19-37(20-24-39)38-21-25-40(26-22-38)42-30-54-48(56-42)44-18-12-28-60(44)50(62)46(34(3)4)58-52(64)66-32-36-15-9-6-10-16-36/h5-10,13-16,19-26,29-30,33-34,43-46H,11-12,17-18,27-28,31-32H2,1-4H3,(H,53,55)(H,54,56)(H,57,63)(H,58,64)/t43-,44-,45+,46+/m1/s1. The minimum Gasteiger partial charge on any atom is -0.445 e. The number of carbonyl (C=O) groups is 4. The Morgan fingerprint density at radius 2 is 0.924 bits per heavy atom. The molecular weight excluding hydrogens is 833 g/mol. The Morgan fingerprint density at radius 1 is 0.561 bits per heavy atom. The van der Waals surface area contributed by atoms with Crippen molar-refractivity contribution in [2.45, 2.75) is 90.8 Å². The summed E-state index contributed by atoms with van der Waals surface area (Å²) in [6.07, 6.45) is 5.57. The zero-order valence-corrected chi connectivity index (χ0v) is 37.9. The molecule has 2 aliphatic rings. The van der Waals surface area contributed by atoms with Crippen molar-refractivity contribution in [2.75, 3.05) is 13.1 Å². The molecule has 4 amide bonds. The van der Waals surface area contributed by atoms with Crippen molar-refractivity contribution >= 4 is 24.0 Å². The maximum atomic E-state index is 13.9. The molecule has 4 N–H and O–H groups in total. The van der Waals surface area contributed by atoms with Crippen molar-refractivity contribution in [1.82, 2.24) is 40.4 Å². The van der Waals surface area contributed by atoms with Crippen LogP contribution in [0, 0.1) is 11.8 Å². The summed E-state index contributed by atoms with van der Waals surface area (Å²) >= 11 is 0. The average Bonchev–Trinajstić information content (AvgIpc) is 4.19. The second-order valence-corrected chi connectivity index (χ2v) is 17.8. The molecule has 4 heterocycles. The molecule has 2 fully saturated rings. The number of hydrogen-bond donors (Lipinski definition) is 4. The summed E-state index contributed by atoms with van der Waals surface area (Å²) in [7, 11) is 0. The summed E-state index contributed by atoms with van der Waals surface area (Å²) in [6.45, 7) is 9.06. The van der Waals surface area contributed by atoms with Crippen molar-refractivity contribution in [3.8, 4) is 33.6 Å². The Labute approximate surface area is 385 Å². The molecule has 0 saturated carbocycles. The molecule has 4 atom stereocenters. The Hall–Kier alpha value is -7.22. The van der Waals surface area contributed by atoms with Crippen molar-refractivity contribution in [2.24, 2.45) is 11.8 Å². The van der Waals surface area contributed by atoms with Gasteiger partial charge in [-0.1, -0.05) is 137 Å². The molecule has 0 unspecified atom stereocenters. The molecule has 14 heteroatoms. The Bertz CT molecular complexity index is 2400. The summed E-state index contributed by atoms with van der Waals surface area (Å²) in [5.41, 5.74) is 7.48. The number of carbonyl (C=O) groups excluding carboxylic acids is 4. The molecule has 2 aliphatic heterocycles. The van der Waals surface area contributed by atoms with Gasteiger partial charge in [0.2, 0.25) is 11.8 Å². The van der Waals surface area contributed by atoms with Crippen LogP contribution in [0.1, 0.15) is 88.2 Å². The first kappa shape index (κ1) is 45.4. The van der Waals surface area contributed by atoms with Gasteiger partial charge in [-0.2, -0.15) is 0 Å². The van der Waals surface area contributed by atoms with Gasteiger partial charge in [-0.25, -0.2) is 19.6 Å². The molecule has 8 rings (SSSR count). The quantitative estimate of drug-likeness (QED) is 0.0789. The van der Waals surface area contributed by atoms with Gasteiger partial charge in [-0.15, -0.1) is 0 Å². The smallest absolute Gasteiger partial charge is 0.408 e. The zero-order valence-electron chi connectivity index (χ0n) is 37.9. The lowest BCUT2D eigenvalue weighted by atomic mass is 10.0. The molecule has 342 valence electrons. The minimum atomic E-state index is -0.736. The molecule has 0 radical (unpaired) electrons. The number of rotatable bonds is 15. The van der Waals surface area contributed by atoms with Crippen LogP contribution in [0.4, 0.5) is 9.59 Å². The summed E-state index contributed by atoms with van der Waals surface area (Å²) in [5, 5.41) is 5.63. The molecule has 0 bridgehead atoms. The molecule has 6 aromatic rings. The predicted molar refractivity (Wildman–Crippen MR) is 251 cm³/mol. The van der Waals surface area contributed by atoms with E-state index in [0.717, 1.165) is 70.5 Å². The van der Waals surface area contributed by atoms with E-state index in [2.05, 4.69) is 69.1 Å². The van der Waals surface area contributed by atoms with Gasteiger partial charge in [-0.05, 0) is 70.9 Å². The van der Waals surface area contributed by atoms with Crippen molar-refractivity contribution in [3.63, 3.8) is 0 Å². The van der Waals surface area contributed by atoms with Gasteiger partial charge in [0.15, 0.2) is 0 Å². The highest BCUT2D eigenvalue weighted by atomic mass is 16.6. The fraction of sp³-hybridized carbons (Fsp3) is 0.346. The zero-order chi connectivity index (χ0) is 46.2. The second kappa shape index (κ2) is 20.7. The highest BCUT2D eigenvalue weighted by Gasteiger charge is 2.39. The van der Waals surface area contributed by atoms with Gasteiger partial charge in [0.05, 0.1) is 35.9 Å². The number of nitrogens with one attached hydrogen (secondary N) is 4. The number of nitrogens with zero attached hydrogens (tertiary/aromatic N) is 4. The van der Waals surface area contributed by atoms with Crippen LogP contribution in [0.25, 0.3) is 33.6 Å². The van der Waals surface area contributed by atoms with E-state index < -0.39 is 24.3 Å². The van der Waals surface area contributed by atoms with Crippen LogP contribution < -0.4 is 10.6 Å². The second-order valence-electron chi connectivity index (χ2n) is 17.8. The SMILES string of the molecule is CC(C)[C@H](NC(=O)OCc1ccccc1)C(=O)N1CCC[C@@H]1c1ncc(-c2ccc(-c3ccc(-c4cnc([C@H]5CCCN5C(=O)[C@@H](NC(=O)OCc5ccccc5)C(C)C)[nH]4)cc3)cc2)[nH]1. The van der Waals surface area contributed by atoms with Gasteiger partial charge in [0.1, 0.15) is 36.9 Å². The molecule has 14 nitrogen and oxygen atoms in total. The van der Waals surface area contributed by atoms with Gasteiger partial charge < -0.3 is 39.9 Å². The van der Waals surface area contributed by atoms with E-state index in [1.807, 2.05) is 111 Å². The van der Waals surface area contributed by atoms with Crippen LogP contribution in [0.15, 0.2) is 122 Å². The van der Waals surface area contributed by atoms with Crippen molar-refractivity contribution in [1.29, 1.82) is 0 Å². The number of imidazole rings is 2. The van der Waals surface area contributed by atoms with Crippen molar-refractivity contribution in [3.05, 3.63) is 144 Å². The first-order valence-electron chi connectivity index (χ1n) is 22.9. The fourth-order valence-electron chi connectivity index (χ4n) is 8.79. The fourth-order valence-corrected chi connectivity index (χ4v) is 8.79. The molecule has 0 aliphatic carbocycles. The van der Waals surface area contributed by atoms with Crippen LogP contribution >= 0.6 is 0 Å². The average molecular weight is 891 g/mol. The molecule has 4 aromatic carbocycles. The number of benzene rings is 4. The monoisotopic (exact) mass is 890 g/mol. The van der Waals surface area contributed by atoms with Crippen LogP contribution in [0.2, 0.25) is 0 Å². The number of likely N-dealkylation sites (tertiary alicyclic amines) is 2. The number of aromatic amines is 2. The number of ether oxygens (including phenoxy) is 2. The Balaban J connectivity index is 0.868. The van der Waals surface area contributed by atoms with Gasteiger partial charge >= 0.3 is 12.2 Å². The van der Waals surface area contributed by atoms with Crippen LogP contribution in [-0.2, 0) is 32.3 Å². The Morgan fingerprint density at radius 3 is 1.29 bits per heavy atom. The van der Waals surface area contributed by atoms with E-state index in [-0.39, 0.29) is 48.9 Å².